The SMILES string of the molecule is CCOC(=O)C1(C(=O)OC)CCN(Cc2ccccc2)CC1.CCOC(=O)C1CCN(Cc2ccccc2)CC1. The first-order chi connectivity index (χ1) is 19.4. The Bertz CT molecular complexity index is 1050. The first-order valence-corrected chi connectivity index (χ1v) is 14.4. The molecule has 0 atom stereocenters. The Morgan fingerprint density at radius 1 is 0.725 bits per heavy atom. The van der Waals surface area contributed by atoms with Crippen LogP contribution >= 0.6 is 0 Å². The molecule has 2 saturated heterocycles. The van der Waals surface area contributed by atoms with Crippen molar-refractivity contribution in [3.8, 4) is 0 Å². The molecule has 2 heterocycles. The van der Waals surface area contributed by atoms with Gasteiger partial charge in [-0.25, -0.2) is 0 Å². The zero-order chi connectivity index (χ0) is 28.8. The highest BCUT2D eigenvalue weighted by atomic mass is 16.6. The second kappa shape index (κ2) is 16.1. The highest BCUT2D eigenvalue weighted by Crippen LogP contribution is 2.35. The molecule has 2 aromatic rings. The maximum atomic E-state index is 12.2. The number of hydrogen-bond donors (Lipinski definition) is 0. The number of esters is 3. The number of carbonyl (C=O) groups is 3. The molecule has 0 spiro atoms. The Kier molecular flexibility index (Phi) is 12.6. The zero-order valence-electron chi connectivity index (χ0n) is 24.2. The van der Waals surface area contributed by atoms with Gasteiger partial charge in [-0.2, -0.15) is 0 Å². The van der Waals surface area contributed by atoms with Crippen molar-refractivity contribution in [2.24, 2.45) is 11.3 Å². The van der Waals surface area contributed by atoms with Crippen LogP contribution in [0.25, 0.3) is 0 Å². The molecule has 0 saturated carbocycles. The number of hydrogen-bond acceptors (Lipinski definition) is 8. The minimum atomic E-state index is -1.14. The summed E-state index contributed by atoms with van der Waals surface area (Å²) in [7, 11) is 1.32. The molecule has 4 rings (SSSR count). The molecule has 2 aliphatic heterocycles. The van der Waals surface area contributed by atoms with Gasteiger partial charge in [0, 0.05) is 26.2 Å². The van der Waals surface area contributed by atoms with Crippen LogP contribution in [0.2, 0.25) is 0 Å². The quantitative estimate of drug-likeness (QED) is 0.256. The van der Waals surface area contributed by atoms with Crippen LogP contribution < -0.4 is 0 Å². The van der Waals surface area contributed by atoms with Gasteiger partial charge in [0.15, 0.2) is 5.41 Å². The summed E-state index contributed by atoms with van der Waals surface area (Å²) in [6, 6.07) is 20.6. The molecular formula is C32H44N2O6. The molecule has 0 radical (unpaired) electrons. The third kappa shape index (κ3) is 8.89. The summed E-state index contributed by atoms with van der Waals surface area (Å²) >= 11 is 0. The fourth-order valence-electron chi connectivity index (χ4n) is 5.32. The van der Waals surface area contributed by atoms with Gasteiger partial charge in [-0.05, 0) is 63.7 Å². The average molecular weight is 553 g/mol. The Balaban J connectivity index is 0.000000225. The zero-order valence-corrected chi connectivity index (χ0v) is 24.2. The number of ether oxygens (including phenoxy) is 3. The van der Waals surface area contributed by atoms with E-state index in [4.69, 9.17) is 14.2 Å². The van der Waals surface area contributed by atoms with Gasteiger partial charge < -0.3 is 14.2 Å². The maximum Gasteiger partial charge on any atom is 0.323 e. The second-order valence-corrected chi connectivity index (χ2v) is 10.3. The number of likely N-dealkylation sites (tertiary alicyclic amines) is 2. The van der Waals surface area contributed by atoms with Crippen molar-refractivity contribution in [2.45, 2.75) is 52.6 Å². The molecule has 0 aliphatic carbocycles. The summed E-state index contributed by atoms with van der Waals surface area (Å²) in [4.78, 5) is 40.6. The normalized spacial score (nSPS) is 17.7. The summed E-state index contributed by atoms with van der Waals surface area (Å²) < 4.78 is 15.0. The Morgan fingerprint density at radius 3 is 1.65 bits per heavy atom. The van der Waals surface area contributed by atoms with Gasteiger partial charge in [0.05, 0.1) is 26.2 Å². The first kappa shape index (κ1) is 31.3. The fraction of sp³-hybridized carbons (Fsp3) is 0.531. The topological polar surface area (TPSA) is 85.4 Å². The minimum Gasteiger partial charge on any atom is -0.468 e. The second-order valence-electron chi connectivity index (χ2n) is 10.3. The van der Waals surface area contributed by atoms with Crippen molar-refractivity contribution in [1.29, 1.82) is 0 Å². The van der Waals surface area contributed by atoms with E-state index in [9.17, 15) is 14.4 Å². The third-order valence-corrected chi connectivity index (χ3v) is 7.66. The summed E-state index contributed by atoms with van der Waals surface area (Å²) in [6.07, 6.45) is 2.72. The smallest absolute Gasteiger partial charge is 0.323 e. The van der Waals surface area contributed by atoms with E-state index in [2.05, 4.69) is 46.2 Å². The minimum absolute atomic E-state index is 0.0168. The summed E-state index contributed by atoms with van der Waals surface area (Å²) in [5, 5.41) is 0. The molecule has 8 heteroatoms. The summed E-state index contributed by atoms with van der Waals surface area (Å²) in [5.41, 5.74) is 1.43. The number of rotatable bonds is 9. The van der Waals surface area contributed by atoms with Crippen LogP contribution in [0.5, 0.6) is 0 Å². The molecular weight excluding hydrogens is 508 g/mol. The molecule has 0 aromatic heterocycles. The van der Waals surface area contributed by atoms with Crippen molar-refractivity contribution in [2.75, 3.05) is 46.5 Å². The molecule has 0 unspecified atom stereocenters. The molecule has 8 nitrogen and oxygen atoms in total. The van der Waals surface area contributed by atoms with Crippen molar-refractivity contribution in [1.82, 2.24) is 9.80 Å². The van der Waals surface area contributed by atoms with Crippen LogP contribution in [0.4, 0.5) is 0 Å². The average Bonchev–Trinajstić information content (AvgIpc) is 2.99. The molecule has 2 aromatic carbocycles. The van der Waals surface area contributed by atoms with Crippen LogP contribution in [0, 0.1) is 11.3 Å². The van der Waals surface area contributed by atoms with E-state index in [1.165, 1.54) is 18.2 Å². The predicted octanol–water partition coefficient (Wildman–Crippen LogP) is 4.47. The van der Waals surface area contributed by atoms with Crippen LogP contribution in [0.1, 0.15) is 50.7 Å². The van der Waals surface area contributed by atoms with Gasteiger partial charge in [-0.15, -0.1) is 0 Å². The lowest BCUT2D eigenvalue weighted by Gasteiger charge is -2.37. The van der Waals surface area contributed by atoms with Crippen LogP contribution in [-0.2, 0) is 41.7 Å². The number of piperidine rings is 2. The van der Waals surface area contributed by atoms with Crippen LogP contribution in [0.15, 0.2) is 60.7 Å². The van der Waals surface area contributed by atoms with Crippen molar-refractivity contribution < 1.29 is 28.6 Å². The number of nitrogens with zero attached hydrogens (tertiary/aromatic N) is 2. The predicted molar refractivity (Wildman–Crippen MR) is 153 cm³/mol. The Hall–Kier alpha value is -3.23. The summed E-state index contributed by atoms with van der Waals surface area (Å²) in [6.45, 7) is 9.48. The van der Waals surface area contributed by atoms with Crippen molar-refractivity contribution in [3.63, 3.8) is 0 Å². The van der Waals surface area contributed by atoms with E-state index in [1.54, 1.807) is 6.92 Å². The van der Waals surface area contributed by atoms with Gasteiger partial charge in [-0.3, -0.25) is 24.2 Å². The largest absolute Gasteiger partial charge is 0.468 e. The van der Waals surface area contributed by atoms with Gasteiger partial charge in [-0.1, -0.05) is 60.7 Å². The standard InChI is InChI=1S/C17H23NO4.C15H21NO2/c1-3-22-16(20)17(15(19)21-2)9-11-18(12-10-17)13-14-7-5-4-6-8-14;1-2-18-15(17)14-8-10-16(11-9-14)12-13-6-4-3-5-7-13/h4-8H,3,9-13H2,1-2H3;3-7,14H,2,8-12H2,1H3. The van der Waals surface area contributed by atoms with E-state index in [1.807, 2.05) is 31.2 Å². The molecule has 218 valence electrons. The monoisotopic (exact) mass is 552 g/mol. The molecule has 2 fully saturated rings. The lowest BCUT2D eigenvalue weighted by molar-refractivity contribution is -0.174. The Labute approximate surface area is 238 Å². The number of carbonyl (C=O) groups excluding carboxylic acids is 3. The van der Waals surface area contributed by atoms with Gasteiger partial charge in [0.1, 0.15) is 0 Å². The molecule has 40 heavy (non-hydrogen) atoms. The van der Waals surface area contributed by atoms with E-state index in [-0.39, 0.29) is 18.5 Å². The van der Waals surface area contributed by atoms with Crippen molar-refractivity contribution >= 4 is 17.9 Å². The third-order valence-electron chi connectivity index (χ3n) is 7.66. The van der Waals surface area contributed by atoms with E-state index in [0.717, 1.165) is 39.0 Å². The highest BCUT2D eigenvalue weighted by Gasteiger charge is 2.50. The van der Waals surface area contributed by atoms with E-state index < -0.39 is 17.4 Å². The van der Waals surface area contributed by atoms with Gasteiger partial charge >= 0.3 is 17.9 Å². The molecule has 0 bridgehead atoms. The first-order valence-electron chi connectivity index (χ1n) is 14.4. The summed E-state index contributed by atoms with van der Waals surface area (Å²) in [5.74, 6) is -0.847. The fourth-order valence-corrected chi connectivity index (χ4v) is 5.32. The Morgan fingerprint density at radius 2 is 1.20 bits per heavy atom. The number of methoxy groups -OCH3 is 1. The number of benzene rings is 2. The molecule has 2 aliphatic rings. The molecule has 0 N–H and O–H groups in total. The maximum absolute atomic E-state index is 12.2. The molecule has 0 amide bonds. The lowest BCUT2D eigenvalue weighted by Crippen LogP contribution is -2.50. The van der Waals surface area contributed by atoms with Gasteiger partial charge in [0.2, 0.25) is 0 Å². The van der Waals surface area contributed by atoms with E-state index >= 15 is 0 Å². The van der Waals surface area contributed by atoms with Crippen LogP contribution in [0.3, 0.4) is 0 Å². The van der Waals surface area contributed by atoms with Crippen LogP contribution in [-0.4, -0.2) is 74.2 Å². The van der Waals surface area contributed by atoms with E-state index in [0.29, 0.717) is 32.5 Å². The highest BCUT2D eigenvalue weighted by molar-refractivity contribution is 6.00. The lowest BCUT2D eigenvalue weighted by atomic mass is 9.78. The van der Waals surface area contributed by atoms with Gasteiger partial charge in [0.25, 0.3) is 0 Å². The van der Waals surface area contributed by atoms with Crippen molar-refractivity contribution in [3.05, 3.63) is 71.8 Å².